The van der Waals surface area contributed by atoms with E-state index in [4.69, 9.17) is 4.55 Å². The first kappa shape index (κ1) is 12.9. The highest BCUT2D eigenvalue weighted by Crippen LogP contribution is 2.23. The van der Waals surface area contributed by atoms with Crippen molar-refractivity contribution >= 4 is 10.1 Å². The largest absolute Gasteiger partial charge is 0.314 e. The van der Waals surface area contributed by atoms with Crippen LogP contribution in [0, 0.1) is 5.92 Å². The van der Waals surface area contributed by atoms with Gasteiger partial charge in [0.2, 0.25) is 0 Å². The molecule has 1 atom stereocenters. The third kappa shape index (κ3) is 6.06. The van der Waals surface area contributed by atoms with Crippen molar-refractivity contribution in [2.24, 2.45) is 5.92 Å². The number of nitrogens with one attached hydrogen (secondary N) is 1. The molecule has 0 saturated heterocycles. The first-order chi connectivity index (χ1) is 6.97. The Kier molecular flexibility index (Phi) is 4.95. The Morgan fingerprint density at radius 3 is 2.53 bits per heavy atom. The third-order valence-electron chi connectivity index (χ3n) is 2.67. The summed E-state index contributed by atoms with van der Waals surface area (Å²) < 4.78 is 42.1. The lowest BCUT2D eigenvalue weighted by molar-refractivity contribution is 0.329. The van der Waals surface area contributed by atoms with Gasteiger partial charge in [0, 0.05) is 6.54 Å². The number of hydrogen-bond donors (Lipinski definition) is 2. The zero-order valence-electron chi connectivity index (χ0n) is 8.65. The van der Waals surface area contributed by atoms with E-state index in [1.165, 1.54) is 25.7 Å². The smallest absolute Gasteiger partial charge is 0.267 e. The van der Waals surface area contributed by atoms with E-state index >= 15 is 0 Å². The van der Waals surface area contributed by atoms with Crippen LogP contribution in [0.25, 0.3) is 0 Å². The first-order valence-corrected chi connectivity index (χ1v) is 6.88. The van der Waals surface area contributed by atoms with Gasteiger partial charge in [0.15, 0.2) is 0 Å². The summed E-state index contributed by atoms with van der Waals surface area (Å²) in [6.45, 7) is 0.738. The van der Waals surface area contributed by atoms with Gasteiger partial charge in [-0.1, -0.05) is 12.8 Å². The molecule has 0 amide bonds. The van der Waals surface area contributed by atoms with E-state index in [1.54, 1.807) is 0 Å². The molecule has 2 N–H and O–H groups in total. The molecule has 0 aromatic carbocycles. The molecule has 1 unspecified atom stereocenters. The summed E-state index contributed by atoms with van der Waals surface area (Å²) in [4.78, 5) is 0. The number of halogens is 1. The third-order valence-corrected chi connectivity index (χ3v) is 3.45. The van der Waals surface area contributed by atoms with E-state index in [0.29, 0.717) is 5.92 Å². The van der Waals surface area contributed by atoms with E-state index in [2.05, 4.69) is 5.32 Å². The highest BCUT2D eigenvalue weighted by Gasteiger charge is 2.18. The van der Waals surface area contributed by atoms with Gasteiger partial charge < -0.3 is 5.32 Å². The van der Waals surface area contributed by atoms with Crippen molar-refractivity contribution in [2.45, 2.75) is 31.9 Å². The topological polar surface area (TPSA) is 66.4 Å². The maximum absolute atomic E-state index is 13.0. The Morgan fingerprint density at radius 1 is 1.40 bits per heavy atom. The van der Waals surface area contributed by atoms with Crippen molar-refractivity contribution in [1.82, 2.24) is 5.32 Å². The van der Waals surface area contributed by atoms with Crippen LogP contribution in [0.4, 0.5) is 4.39 Å². The first-order valence-electron chi connectivity index (χ1n) is 5.27. The molecular formula is C9H18FNO3S. The van der Waals surface area contributed by atoms with E-state index in [1.807, 2.05) is 0 Å². The summed E-state index contributed by atoms with van der Waals surface area (Å²) in [7, 11) is -4.19. The highest BCUT2D eigenvalue weighted by molar-refractivity contribution is 7.85. The number of alkyl halides is 1. The second-order valence-electron chi connectivity index (χ2n) is 4.15. The Balaban J connectivity index is 2.08. The van der Waals surface area contributed by atoms with Crippen molar-refractivity contribution in [3.8, 4) is 0 Å². The Morgan fingerprint density at radius 2 is 2.00 bits per heavy atom. The van der Waals surface area contributed by atoms with Crippen LogP contribution in [-0.4, -0.2) is 38.0 Å². The number of hydrogen-bond acceptors (Lipinski definition) is 3. The van der Waals surface area contributed by atoms with Gasteiger partial charge in [-0.3, -0.25) is 4.55 Å². The number of rotatable bonds is 6. The zero-order valence-corrected chi connectivity index (χ0v) is 9.47. The fourth-order valence-electron chi connectivity index (χ4n) is 1.95. The molecule has 4 nitrogen and oxygen atoms in total. The minimum absolute atomic E-state index is 0.00368. The van der Waals surface area contributed by atoms with E-state index in [0.717, 1.165) is 6.54 Å². The zero-order chi connectivity index (χ0) is 11.3. The van der Waals surface area contributed by atoms with Crippen molar-refractivity contribution < 1.29 is 17.4 Å². The molecule has 6 heteroatoms. The molecular weight excluding hydrogens is 221 g/mol. The monoisotopic (exact) mass is 239 g/mol. The fraction of sp³-hybridized carbons (Fsp3) is 1.00. The summed E-state index contributed by atoms with van der Waals surface area (Å²) in [6, 6.07) is 0. The van der Waals surface area contributed by atoms with Gasteiger partial charge in [-0.05, 0) is 25.3 Å². The van der Waals surface area contributed by atoms with E-state index in [-0.39, 0.29) is 6.54 Å². The van der Waals surface area contributed by atoms with Crippen molar-refractivity contribution in [1.29, 1.82) is 0 Å². The summed E-state index contributed by atoms with van der Waals surface area (Å²) in [5.41, 5.74) is 0. The Bertz CT molecular complexity index is 275. The van der Waals surface area contributed by atoms with Crippen LogP contribution in [0.1, 0.15) is 25.7 Å². The van der Waals surface area contributed by atoms with Crippen molar-refractivity contribution in [2.75, 3.05) is 18.8 Å². The summed E-state index contributed by atoms with van der Waals surface area (Å²) in [6.07, 6.45) is 3.28. The van der Waals surface area contributed by atoms with E-state index < -0.39 is 22.0 Å². The van der Waals surface area contributed by atoms with Gasteiger partial charge >= 0.3 is 0 Å². The predicted octanol–water partition coefficient (Wildman–Crippen LogP) is 0.992. The van der Waals surface area contributed by atoms with Crippen LogP contribution in [0.5, 0.6) is 0 Å². The molecule has 90 valence electrons. The molecule has 0 heterocycles. The quantitative estimate of drug-likeness (QED) is 0.678. The Labute approximate surface area is 90.0 Å². The molecule has 1 saturated carbocycles. The van der Waals surface area contributed by atoms with Crippen LogP contribution < -0.4 is 5.32 Å². The molecule has 1 aliphatic rings. The van der Waals surface area contributed by atoms with Gasteiger partial charge in [-0.2, -0.15) is 8.42 Å². The van der Waals surface area contributed by atoms with Gasteiger partial charge in [-0.15, -0.1) is 0 Å². The fourth-order valence-corrected chi connectivity index (χ4v) is 2.52. The van der Waals surface area contributed by atoms with Crippen LogP contribution >= 0.6 is 0 Å². The molecule has 15 heavy (non-hydrogen) atoms. The predicted molar refractivity (Wildman–Crippen MR) is 56.1 cm³/mol. The summed E-state index contributed by atoms with van der Waals surface area (Å²) in [5, 5.41) is 2.90. The van der Waals surface area contributed by atoms with Crippen molar-refractivity contribution in [3.63, 3.8) is 0 Å². The van der Waals surface area contributed by atoms with Gasteiger partial charge in [0.1, 0.15) is 11.9 Å². The molecule has 1 aliphatic carbocycles. The molecule has 0 bridgehead atoms. The van der Waals surface area contributed by atoms with Crippen LogP contribution in [0.2, 0.25) is 0 Å². The maximum atomic E-state index is 13.0. The minimum atomic E-state index is -4.19. The van der Waals surface area contributed by atoms with Gasteiger partial charge in [0.25, 0.3) is 10.1 Å². The SMILES string of the molecule is O=S(=O)(O)CC(F)CNCC1CCCC1. The lowest BCUT2D eigenvalue weighted by Crippen LogP contribution is -2.32. The van der Waals surface area contributed by atoms with Crippen LogP contribution in [0.3, 0.4) is 0 Å². The molecule has 0 aromatic rings. The average molecular weight is 239 g/mol. The van der Waals surface area contributed by atoms with Crippen LogP contribution in [-0.2, 0) is 10.1 Å². The van der Waals surface area contributed by atoms with Gasteiger partial charge in [0.05, 0.1) is 0 Å². The molecule has 0 spiro atoms. The molecule has 1 fully saturated rings. The summed E-state index contributed by atoms with van der Waals surface area (Å²) >= 11 is 0. The van der Waals surface area contributed by atoms with Gasteiger partial charge in [-0.25, -0.2) is 4.39 Å². The van der Waals surface area contributed by atoms with Crippen molar-refractivity contribution in [3.05, 3.63) is 0 Å². The second-order valence-corrected chi connectivity index (χ2v) is 5.65. The highest BCUT2D eigenvalue weighted by atomic mass is 32.2. The second kappa shape index (κ2) is 5.77. The maximum Gasteiger partial charge on any atom is 0.267 e. The molecule has 0 aromatic heterocycles. The standard InChI is InChI=1S/C9H18FNO3S/c10-9(7-15(12,13)14)6-11-5-8-3-1-2-4-8/h8-9,11H,1-7H2,(H,12,13,14). The lowest BCUT2D eigenvalue weighted by atomic mass is 10.1. The molecule has 1 rings (SSSR count). The van der Waals surface area contributed by atoms with E-state index in [9.17, 15) is 12.8 Å². The molecule has 0 aliphatic heterocycles. The lowest BCUT2D eigenvalue weighted by Gasteiger charge is -2.12. The summed E-state index contributed by atoms with van der Waals surface area (Å²) in [5.74, 6) is -0.215. The molecule has 0 radical (unpaired) electrons. The average Bonchev–Trinajstić information content (AvgIpc) is 2.53. The minimum Gasteiger partial charge on any atom is -0.314 e. The Hall–Kier alpha value is -0.200. The van der Waals surface area contributed by atoms with Crippen LogP contribution in [0.15, 0.2) is 0 Å². The normalized spacial score (nSPS) is 20.7.